The smallest absolute Gasteiger partial charge is 0.296 e. The Morgan fingerprint density at radius 3 is 2.53 bits per heavy atom. The topological polar surface area (TPSA) is 69.6 Å². The SMILES string of the molecule is Cc1cccc(N2CCNCC2)c1S(=O)(=O)O. The Morgan fingerprint density at radius 2 is 1.94 bits per heavy atom. The Labute approximate surface area is 101 Å². The summed E-state index contributed by atoms with van der Waals surface area (Å²) in [7, 11) is -4.18. The zero-order valence-corrected chi connectivity index (χ0v) is 10.5. The van der Waals surface area contributed by atoms with Crippen molar-refractivity contribution in [1.29, 1.82) is 0 Å². The van der Waals surface area contributed by atoms with Crippen LogP contribution in [0.5, 0.6) is 0 Å². The molecule has 1 aliphatic heterocycles. The first kappa shape index (κ1) is 12.3. The van der Waals surface area contributed by atoms with E-state index >= 15 is 0 Å². The van der Waals surface area contributed by atoms with Gasteiger partial charge in [-0.25, -0.2) is 0 Å². The predicted molar refractivity (Wildman–Crippen MR) is 66.1 cm³/mol. The van der Waals surface area contributed by atoms with Crippen molar-refractivity contribution in [2.75, 3.05) is 31.1 Å². The molecule has 0 amide bonds. The molecule has 5 nitrogen and oxygen atoms in total. The van der Waals surface area contributed by atoms with Crippen LogP contribution in [0.15, 0.2) is 23.1 Å². The van der Waals surface area contributed by atoms with Crippen LogP contribution in [0, 0.1) is 6.92 Å². The molecule has 0 atom stereocenters. The average molecular weight is 256 g/mol. The van der Waals surface area contributed by atoms with Gasteiger partial charge in [-0.1, -0.05) is 12.1 Å². The van der Waals surface area contributed by atoms with Crippen LogP contribution < -0.4 is 10.2 Å². The zero-order valence-electron chi connectivity index (χ0n) is 9.68. The van der Waals surface area contributed by atoms with Crippen LogP contribution >= 0.6 is 0 Å². The highest BCUT2D eigenvalue weighted by Crippen LogP contribution is 2.28. The van der Waals surface area contributed by atoms with E-state index in [0.717, 1.165) is 26.2 Å². The van der Waals surface area contributed by atoms with Crippen LogP contribution in [0.1, 0.15) is 5.56 Å². The van der Waals surface area contributed by atoms with Gasteiger partial charge in [0.25, 0.3) is 10.1 Å². The van der Waals surface area contributed by atoms with Gasteiger partial charge in [0.1, 0.15) is 4.90 Å². The summed E-state index contributed by atoms with van der Waals surface area (Å²) in [5.41, 5.74) is 1.16. The van der Waals surface area contributed by atoms with E-state index in [1.54, 1.807) is 25.1 Å². The minimum absolute atomic E-state index is 0.0295. The fraction of sp³-hybridized carbons (Fsp3) is 0.455. The zero-order chi connectivity index (χ0) is 12.5. The van der Waals surface area contributed by atoms with Crippen LogP contribution in [0.2, 0.25) is 0 Å². The maximum Gasteiger partial charge on any atom is 0.296 e. The number of hydrogen-bond donors (Lipinski definition) is 2. The summed E-state index contributed by atoms with van der Waals surface area (Å²) in [6.07, 6.45) is 0. The first-order valence-electron chi connectivity index (χ1n) is 5.53. The molecule has 17 heavy (non-hydrogen) atoms. The lowest BCUT2D eigenvalue weighted by atomic mass is 10.2. The van der Waals surface area contributed by atoms with Gasteiger partial charge in [-0.15, -0.1) is 0 Å². The van der Waals surface area contributed by atoms with Gasteiger partial charge in [0, 0.05) is 26.2 Å². The molecule has 0 spiro atoms. The normalized spacial score (nSPS) is 17.2. The third-order valence-corrected chi connectivity index (χ3v) is 3.95. The number of aryl methyl sites for hydroxylation is 1. The number of rotatable bonds is 2. The summed E-state index contributed by atoms with van der Waals surface area (Å²) in [6.45, 7) is 4.81. The summed E-state index contributed by atoms with van der Waals surface area (Å²) in [5, 5.41) is 3.20. The Hall–Kier alpha value is -1.11. The fourth-order valence-electron chi connectivity index (χ4n) is 2.13. The summed E-state index contributed by atoms with van der Waals surface area (Å²) in [6, 6.07) is 5.23. The number of nitrogens with one attached hydrogen (secondary N) is 1. The van der Waals surface area contributed by atoms with Crippen LogP contribution in [-0.2, 0) is 10.1 Å². The Morgan fingerprint density at radius 1 is 1.29 bits per heavy atom. The molecule has 0 radical (unpaired) electrons. The van der Waals surface area contributed by atoms with Crippen molar-refractivity contribution >= 4 is 15.8 Å². The number of hydrogen-bond acceptors (Lipinski definition) is 4. The molecule has 1 aromatic carbocycles. The Bertz CT molecular complexity index is 507. The van der Waals surface area contributed by atoms with Gasteiger partial charge >= 0.3 is 0 Å². The Balaban J connectivity index is 2.49. The minimum atomic E-state index is -4.18. The largest absolute Gasteiger partial charge is 0.368 e. The van der Waals surface area contributed by atoms with E-state index in [1.807, 2.05) is 4.90 Å². The first-order valence-corrected chi connectivity index (χ1v) is 6.97. The van der Waals surface area contributed by atoms with E-state index in [2.05, 4.69) is 5.32 Å². The second-order valence-electron chi connectivity index (χ2n) is 4.14. The molecule has 1 heterocycles. The molecule has 0 aromatic heterocycles. The van der Waals surface area contributed by atoms with E-state index in [9.17, 15) is 13.0 Å². The van der Waals surface area contributed by atoms with E-state index in [-0.39, 0.29) is 4.90 Å². The highest BCUT2D eigenvalue weighted by atomic mass is 32.2. The van der Waals surface area contributed by atoms with Crippen molar-refractivity contribution in [1.82, 2.24) is 5.32 Å². The van der Waals surface area contributed by atoms with Gasteiger partial charge in [-0.3, -0.25) is 4.55 Å². The lowest BCUT2D eigenvalue weighted by Gasteiger charge is -2.30. The highest BCUT2D eigenvalue weighted by molar-refractivity contribution is 7.86. The number of anilines is 1. The van der Waals surface area contributed by atoms with Gasteiger partial charge in [0.2, 0.25) is 0 Å². The lowest BCUT2D eigenvalue weighted by molar-refractivity contribution is 0.481. The van der Waals surface area contributed by atoms with Crippen molar-refractivity contribution < 1.29 is 13.0 Å². The number of nitrogens with zero attached hydrogens (tertiary/aromatic N) is 1. The number of piperazine rings is 1. The second kappa shape index (κ2) is 4.64. The van der Waals surface area contributed by atoms with Crippen molar-refractivity contribution in [2.45, 2.75) is 11.8 Å². The van der Waals surface area contributed by atoms with E-state index < -0.39 is 10.1 Å². The molecule has 2 N–H and O–H groups in total. The van der Waals surface area contributed by atoms with Crippen molar-refractivity contribution in [2.24, 2.45) is 0 Å². The highest BCUT2D eigenvalue weighted by Gasteiger charge is 2.22. The Kier molecular flexibility index (Phi) is 3.37. The number of benzene rings is 1. The van der Waals surface area contributed by atoms with Crippen LogP contribution in [0.4, 0.5) is 5.69 Å². The van der Waals surface area contributed by atoms with Gasteiger partial charge in [0.05, 0.1) is 5.69 Å². The van der Waals surface area contributed by atoms with Crippen molar-refractivity contribution in [3.8, 4) is 0 Å². The van der Waals surface area contributed by atoms with Crippen LogP contribution in [0.3, 0.4) is 0 Å². The first-order chi connectivity index (χ1) is 8.00. The van der Waals surface area contributed by atoms with Crippen LogP contribution in [-0.4, -0.2) is 39.1 Å². The summed E-state index contributed by atoms with van der Waals surface area (Å²) in [5.74, 6) is 0. The third kappa shape index (κ3) is 2.59. The molecular formula is C11H16N2O3S. The van der Waals surface area contributed by atoms with Gasteiger partial charge in [0.15, 0.2) is 0 Å². The van der Waals surface area contributed by atoms with Crippen molar-refractivity contribution in [3.63, 3.8) is 0 Å². The molecule has 94 valence electrons. The van der Waals surface area contributed by atoms with E-state index in [0.29, 0.717) is 11.3 Å². The monoisotopic (exact) mass is 256 g/mol. The summed E-state index contributed by atoms with van der Waals surface area (Å²) in [4.78, 5) is 2.01. The van der Waals surface area contributed by atoms with E-state index in [1.165, 1.54) is 0 Å². The summed E-state index contributed by atoms with van der Waals surface area (Å²) >= 11 is 0. The molecule has 6 heteroatoms. The molecule has 0 saturated carbocycles. The molecule has 0 bridgehead atoms. The fourth-order valence-corrected chi connectivity index (χ4v) is 3.06. The third-order valence-electron chi connectivity index (χ3n) is 2.91. The van der Waals surface area contributed by atoms with Gasteiger partial charge in [-0.05, 0) is 18.6 Å². The quantitative estimate of drug-likeness (QED) is 0.760. The standard InChI is InChI=1S/C11H16N2O3S/c1-9-3-2-4-10(11(9)17(14,15)16)13-7-5-12-6-8-13/h2-4,12H,5-8H2,1H3,(H,14,15,16). The maximum absolute atomic E-state index is 11.4. The van der Waals surface area contributed by atoms with Gasteiger partial charge in [-0.2, -0.15) is 8.42 Å². The second-order valence-corrected chi connectivity index (χ2v) is 5.49. The lowest BCUT2D eigenvalue weighted by Crippen LogP contribution is -2.44. The minimum Gasteiger partial charge on any atom is -0.368 e. The molecule has 1 saturated heterocycles. The van der Waals surface area contributed by atoms with Gasteiger partial charge < -0.3 is 10.2 Å². The van der Waals surface area contributed by atoms with E-state index in [4.69, 9.17) is 0 Å². The molecule has 1 fully saturated rings. The predicted octanol–water partition coefficient (Wildman–Crippen LogP) is 0.651. The molecule has 2 rings (SSSR count). The molecule has 1 aromatic rings. The molecule has 0 unspecified atom stereocenters. The molecular weight excluding hydrogens is 240 g/mol. The molecule has 1 aliphatic rings. The van der Waals surface area contributed by atoms with Crippen molar-refractivity contribution in [3.05, 3.63) is 23.8 Å². The summed E-state index contributed by atoms with van der Waals surface area (Å²) < 4.78 is 32.2. The maximum atomic E-state index is 11.4. The van der Waals surface area contributed by atoms with Crippen LogP contribution in [0.25, 0.3) is 0 Å². The molecule has 0 aliphatic carbocycles. The average Bonchev–Trinajstić information content (AvgIpc) is 2.28.